The van der Waals surface area contributed by atoms with Gasteiger partial charge in [-0.3, -0.25) is 0 Å². The Morgan fingerprint density at radius 2 is 0.949 bits per heavy atom. The molecule has 0 atom stereocenters. The molecule has 0 bridgehead atoms. The lowest BCUT2D eigenvalue weighted by molar-refractivity contribution is -0.254. The highest BCUT2D eigenvalue weighted by molar-refractivity contribution is 7.17. The fraction of sp³-hybridized carbons (Fsp3) is 0.200. The fourth-order valence-electron chi connectivity index (χ4n) is 4.06. The van der Waals surface area contributed by atoms with Crippen molar-refractivity contribution in [2.75, 3.05) is 25.7 Å². The molecular weight excluding hydrogens is 566 g/mol. The summed E-state index contributed by atoms with van der Waals surface area (Å²) in [6.45, 7) is 0. The van der Waals surface area contributed by atoms with E-state index in [1.807, 2.05) is 0 Å². The number of ether oxygens (including phenoxy) is 2. The molecule has 0 spiro atoms. The summed E-state index contributed by atoms with van der Waals surface area (Å²) in [7, 11) is 2.19. The van der Waals surface area contributed by atoms with Crippen LogP contribution in [0.25, 0.3) is 32.3 Å². The molecule has 39 heavy (non-hydrogen) atoms. The van der Waals surface area contributed by atoms with Gasteiger partial charge in [0, 0.05) is 22.5 Å². The van der Waals surface area contributed by atoms with Crippen LogP contribution in [0.1, 0.15) is 11.4 Å². The number of thiazole rings is 2. The van der Waals surface area contributed by atoms with Crippen LogP contribution in [-0.4, -0.2) is 42.0 Å². The van der Waals surface area contributed by atoms with Crippen LogP contribution in [0.5, 0.6) is 10.1 Å². The molecule has 1 aliphatic carbocycles. The van der Waals surface area contributed by atoms with Crippen molar-refractivity contribution in [2.24, 2.45) is 0 Å². The Bertz CT molecular complexity index is 1470. The summed E-state index contributed by atoms with van der Waals surface area (Å²) in [5.74, 6) is -16.5. The van der Waals surface area contributed by atoms with Gasteiger partial charge in [-0.1, -0.05) is 22.7 Å². The van der Waals surface area contributed by atoms with Crippen LogP contribution >= 0.6 is 22.7 Å². The van der Waals surface area contributed by atoms with Crippen LogP contribution in [0.3, 0.4) is 0 Å². The zero-order chi connectivity index (χ0) is 28.3. The summed E-state index contributed by atoms with van der Waals surface area (Å²) < 4.78 is 102. The second kappa shape index (κ2) is 9.16. The minimum absolute atomic E-state index is 0.0656. The van der Waals surface area contributed by atoms with Crippen LogP contribution in [0.2, 0.25) is 0 Å². The van der Waals surface area contributed by atoms with E-state index in [0.29, 0.717) is 22.5 Å². The predicted molar refractivity (Wildman–Crippen MR) is 139 cm³/mol. The Balaban J connectivity index is 1.80. The fourth-order valence-corrected chi connectivity index (χ4v) is 5.85. The summed E-state index contributed by atoms with van der Waals surface area (Å²) >= 11 is 1.45. The number of nitrogens with two attached hydrogens (primary N) is 2. The van der Waals surface area contributed by atoms with Crippen molar-refractivity contribution < 1.29 is 35.8 Å². The Kier molecular flexibility index (Phi) is 6.30. The van der Waals surface area contributed by atoms with Crippen molar-refractivity contribution in [3.05, 3.63) is 59.9 Å². The molecule has 0 saturated carbocycles. The van der Waals surface area contributed by atoms with Gasteiger partial charge < -0.3 is 20.9 Å². The summed E-state index contributed by atoms with van der Waals surface area (Å²) in [6, 6.07) is 12.1. The molecule has 2 aromatic heterocycles. The van der Waals surface area contributed by atoms with Gasteiger partial charge in [-0.25, -0.2) is 9.97 Å². The zero-order valence-electron chi connectivity index (χ0n) is 20.1. The summed E-state index contributed by atoms with van der Waals surface area (Å²) in [6.07, 6.45) is 0. The van der Waals surface area contributed by atoms with E-state index in [-0.39, 0.29) is 20.1 Å². The third-order valence-electron chi connectivity index (χ3n) is 6.02. The molecule has 0 saturated heterocycles. The summed E-state index contributed by atoms with van der Waals surface area (Å²) in [5, 5.41) is -0.599. The van der Waals surface area contributed by atoms with Crippen molar-refractivity contribution in [1.82, 2.24) is 9.97 Å². The molecule has 0 radical (unpaired) electrons. The molecule has 0 fully saturated rings. The van der Waals surface area contributed by atoms with E-state index in [1.54, 1.807) is 0 Å². The van der Waals surface area contributed by atoms with E-state index < -0.39 is 40.3 Å². The average Bonchev–Trinajstić information content (AvgIpc) is 3.53. The first-order valence-electron chi connectivity index (χ1n) is 11.0. The lowest BCUT2D eigenvalue weighted by atomic mass is 10.0. The minimum atomic E-state index is -5.81. The smallest absolute Gasteiger partial charge is 0.380 e. The summed E-state index contributed by atoms with van der Waals surface area (Å²) in [5.41, 5.74) is 7.86. The maximum Gasteiger partial charge on any atom is 0.380 e. The van der Waals surface area contributed by atoms with Crippen LogP contribution < -0.4 is 20.9 Å². The molecule has 4 aromatic rings. The number of anilines is 2. The van der Waals surface area contributed by atoms with Gasteiger partial charge >= 0.3 is 17.8 Å². The number of rotatable bonds is 6. The van der Waals surface area contributed by atoms with Crippen molar-refractivity contribution in [1.29, 1.82) is 0 Å². The lowest BCUT2D eigenvalue weighted by Gasteiger charge is -2.25. The van der Waals surface area contributed by atoms with E-state index in [1.165, 1.54) is 48.5 Å². The number of halogens is 6. The SMILES string of the molecule is COc1sc(-c2ccc(N)cc2)nc1C1=C(c2nc(-c3ccc(N)cc3)sc2OC)C(F)(F)C(F)(F)C1(F)F. The Morgan fingerprint density at radius 3 is 1.26 bits per heavy atom. The number of nitrogens with zero attached hydrogens (tertiary/aromatic N) is 2. The van der Waals surface area contributed by atoms with E-state index >= 15 is 17.6 Å². The number of hydrogen-bond donors (Lipinski definition) is 2. The van der Waals surface area contributed by atoms with Crippen molar-refractivity contribution in [3.63, 3.8) is 0 Å². The highest BCUT2D eigenvalue weighted by Crippen LogP contribution is 2.66. The monoisotopic (exact) mass is 584 g/mol. The van der Waals surface area contributed by atoms with Gasteiger partial charge in [0.2, 0.25) is 10.1 Å². The first-order chi connectivity index (χ1) is 18.3. The third-order valence-corrected chi connectivity index (χ3v) is 8.15. The van der Waals surface area contributed by atoms with Crippen LogP contribution in [0.4, 0.5) is 37.7 Å². The number of methoxy groups -OCH3 is 2. The van der Waals surface area contributed by atoms with E-state index in [4.69, 9.17) is 20.9 Å². The number of allylic oxidation sites excluding steroid dienone is 2. The molecular formula is C25H18F6N4O2S2. The van der Waals surface area contributed by atoms with Gasteiger partial charge in [0.1, 0.15) is 21.4 Å². The van der Waals surface area contributed by atoms with Gasteiger partial charge in [-0.15, -0.1) is 0 Å². The van der Waals surface area contributed by atoms with E-state index in [2.05, 4.69) is 9.97 Å². The normalized spacial score (nSPS) is 17.4. The first-order valence-corrected chi connectivity index (χ1v) is 12.7. The molecule has 4 N–H and O–H groups in total. The maximum atomic E-state index is 15.4. The molecule has 6 nitrogen and oxygen atoms in total. The van der Waals surface area contributed by atoms with Crippen LogP contribution in [0, 0.1) is 0 Å². The molecule has 0 aliphatic heterocycles. The molecule has 0 amide bonds. The van der Waals surface area contributed by atoms with Gasteiger partial charge in [-0.2, -0.15) is 26.3 Å². The van der Waals surface area contributed by atoms with E-state index in [9.17, 15) is 8.78 Å². The second-order valence-corrected chi connectivity index (χ2v) is 10.4. The quantitative estimate of drug-likeness (QED) is 0.188. The largest absolute Gasteiger partial charge is 0.486 e. The van der Waals surface area contributed by atoms with Gasteiger partial charge in [0.25, 0.3) is 0 Å². The van der Waals surface area contributed by atoms with E-state index in [0.717, 1.165) is 36.9 Å². The van der Waals surface area contributed by atoms with Crippen molar-refractivity contribution in [2.45, 2.75) is 17.8 Å². The number of benzene rings is 2. The van der Waals surface area contributed by atoms with Gasteiger partial charge in [-0.05, 0) is 48.5 Å². The molecule has 5 rings (SSSR count). The first kappa shape index (κ1) is 26.8. The number of nitrogen functional groups attached to an aromatic ring is 2. The second-order valence-electron chi connectivity index (χ2n) is 8.44. The highest BCUT2D eigenvalue weighted by Gasteiger charge is 2.81. The third kappa shape index (κ3) is 4.00. The topological polar surface area (TPSA) is 96.3 Å². The minimum Gasteiger partial charge on any atom is -0.486 e. The van der Waals surface area contributed by atoms with Crippen LogP contribution in [-0.2, 0) is 0 Å². The summed E-state index contributed by atoms with van der Waals surface area (Å²) in [4.78, 5) is 8.13. The predicted octanol–water partition coefficient (Wildman–Crippen LogP) is 6.95. The Morgan fingerprint density at radius 1 is 0.615 bits per heavy atom. The standard InChI is InChI=1S/C25H18F6N4O2S2/c1-36-21-17(34-19(38-21)11-3-7-13(32)8-4-11)15-16(24(28,29)25(30,31)23(15,26)27)18-22(37-2)39-20(35-18)12-5-9-14(33)10-6-12/h3-10H,32-33H2,1-2H3. The van der Waals surface area contributed by atoms with Gasteiger partial charge in [0.05, 0.1) is 25.4 Å². The molecule has 14 heteroatoms. The molecule has 1 aliphatic rings. The lowest BCUT2D eigenvalue weighted by Crippen LogP contribution is -2.49. The number of alkyl halides is 6. The molecule has 2 heterocycles. The molecule has 2 aromatic carbocycles. The molecule has 0 unspecified atom stereocenters. The zero-order valence-corrected chi connectivity index (χ0v) is 21.7. The average molecular weight is 585 g/mol. The maximum absolute atomic E-state index is 15.4. The Labute approximate surface area is 225 Å². The number of hydrogen-bond acceptors (Lipinski definition) is 8. The number of aromatic nitrogens is 2. The van der Waals surface area contributed by atoms with Crippen molar-refractivity contribution >= 4 is 45.2 Å². The molecule has 204 valence electrons. The Hall–Kier alpha value is -3.78. The highest BCUT2D eigenvalue weighted by atomic mass is 32.1. The van der Waals surface area contributed by atoms with Crippen molar-refractivity contribution in [3.8, 4) is 31.3 Å². The van der Waals surface area contributed by atoms with Gasteiger partial charge in [0.15, 0.2) is 0 Å². The van der Waals surface area contributed by atoms with Crippen LogP contribution in [0.15, 0.2) is 48.5 Å².